The molecule has 1 aliphatic carbocycles. The van der Waals surface area contributed by atoms with Gasteiger partial charge in [-0.3, -0.25) is 4.79 Å². The quantitative estimate of drug-likeness (QED) is 0.646. The maximum Gasteiger partial charge on any atom is 0.308 e. The molecule has 1 atom stereocenters. The lowest BCUT2D eigenvalue weighted by atomic mass is 10.2. The summed E-state index contributed by atoms with van der Waals surface area (Å²) < 4.78 is 4.90. The molecule has 0 aromatic carbocycles. The Hall–Kier alpha value is -0.570. The molecule has 0 aromatic heterocycles. The van der Waals surface area contributed by atoms with E-state index < -0.39 is 6.10 Å². The summed E-state index contributed by atoms with van der Waals surface area (Å²) in [4.78, 5) is 11.0. The first kappa shape index (κ1) is 9.52. The maximum atomic E-state index is 11.0. The van der Waals surface area contributed by atoms with Gasteiger partial charge in [-0.05, 0) is 32.6 Å². The van der Waals surface area contributed by atoms with Crippen LogP contribution in [0.1, 0.15) is 33.1 Å². The van der Waals surface area contributed by atoms with Gasteiger partial charge in [0.25, 0.3) is 0 Å². The SMILES string of the molecule is CC(C)OC(=O)C[C@H](O)C1CC1. The molecule has 1 saturated carbocycles. The molecule has 1 fully saturated rings. The van der Waals surface area contributed by atoms with Crippen molar-refractivity contribution in [3.63, 3.8) is 0 Å². The van der Waals surface area contributed by atoms with E-state index in [0.29, 0.717) is 5.92 Å². The number of esters is 1. The van der Waals surface area contributed by atoms with Crippen molar-refractivity contribution in [3.8, 4) is 0 Å². The van der Waals surface area contributed by atoms with Crippen LogP contribution in [0.5, 0.6) is 0 Å². The van der Waals surface area contributed by atoms with Gasteiger partial charge in [0.1, 0.15) is 0 Å². The van der Waals surface area contributed by atoms with E-state index in [4.69, 9.17) is 4.74 Å². The van der Waals surface area contributed by atoms with Crippen LogP contribution in [0.15, 0.2) is 0 Å². The zero-order chi connectivity index (χ0) is 9.14. The Kier molecular flexibility index (Phi) is 3.09. The van der Waals surface area contributed by atoms with E-state index in [1.807, 2.05) is 0 Å². The molecule has 0 amide bonds. The van der Waals surface area contributed by atoms with Crippen LogP contribution < -0.4 is 0 Å². The van der Waals surface area contributed by atoms with Gasteiger partial charge in [-0.2, -0.15) is 0 Å². The molecule has 1 aliphatic rings. The molecular formula is C9H16O3. The van der Waals surface area contributed by atoms with Crippen LogP contribution in [-0.4, -0.2) is 23.3 Å². The van der Waals surface area contributed by atoms with Crippen LogP contribution in [0.4, 0.5) is 0 Å². The fraction of sp³-hybridized carbons (Fsp3) is 0.889. The number of rotatable bonds is 4. The number of hydrogen-bond donors (Lipinski definition) is 1. The van der Waals surface area contributed by atoms with Crippen molar-refractivity contribution in [1.82, 2.24) is 0 Å². The van der Waals surface area contributed by atoms with Gasteiger partial charge in [-0.25, -0.2) is 0 Å². The Morgan fingerprint density at radius 2 is 2.17 bits per heavy atom. The van der Waals surface area contributed by atoms with Crippen molar-refractivity contribution in [2.75, 3.05) is 0 Å². The van der Waals surface area contributed by atoms with Gasteiger partial charge < -0.3 is 9.84 Å². The number of aliphatic hydroxyl groups is 1. The van der Waals surface area contributed by atoms with Crippen molar-refractivity contribution in [3.05, 3.63) is 0 Å². The first-order valence-corrected chi connectivity index (χ1v) is 4.47. The molecule has 0 saturated heterocycles. The average molecular weight is 172 g/mol. The largest absolute Gasteiger partial charge is 0.463 e. The Balaban J connectivity index is 2.15. The van der Waals surface area contributed by atoms with E-state index in [1.165, 1.54) is 0 Å². The fourth-order valence-electron chi connectivity index (χ4n) is 1.13. The first-order valence-electron chi connectivity index (χ1n) is 4.47. The number of carbonyl (C=O) groups excluding carboxylic acids is 1. The molecule has 1 N–H and O–H groups in total. The number of ether oxygens (including phenoxy) is 1. The fourth-order valence-corrected chi connectivity index (χ4v) is 1.13. The lowest BCUT2D eigenvalue weighted by Crippen LogP contribution is -2.19. The molecule has 0 spiro atoms. The topological polar surface area (TPSA) is 46.5 Å². The van der Waals surface area contributed by atoms with Crippen molar-refractivity contribution < 1.29 is 14.6 Å². The third-order valence-corrected chi connectivity index (χ3v) is 1.91. The predicted octanol–water partition coefficient (Wildman–Crippen LogP) is 1.10. The minimum atomic E-state index is -0.476. The summed E-state index contributed by atoms with van der Waals surface area (Å²) in [5.41, 5.74) is 0. The van der Waals surface area contributed by atoms with Gasteiger partial charge in [0.2, 0.25) is 0 Å². The minimum absolute atomic E-state index is 0.0797. The highest BCUT2D eigenvalue weighted by Gasteiger charge is 2.31. The van der Waals surface area contributed by atoms with Gasteiger partial charge in [0, 0.05) is 0 Å². The van der Waals surface area contributed by atoms with Crippen molar-refractivity contribution in [2.45, 2.75) is 45.3 Å². The Morgan fingerprint density at radius 1 is 1.58 bits per heavy atom. The van der Waals surface area contributed by atoms with Crippen molar-refractivity contribution >= 4 is 5.97 Å². The molecule has 1 rings (SSSR count). The van der Waals surface area contributed by atoms with Crippen LogP contribution in [0.3, 0.4) is 0 Å². The Bertz CT molecular complexity index is 161. The van der Waals surface area contributed by atoms with E-state index in [2.05, 4.69) is 0 Å². The van der Waals surface area contributed by atoms with Crippen LogP contribution in [0.2, 0.25) is 0 Å². The van der Waals surface area contributed by atoms with Gasteiger partial charge in [-0.15, -0.1) is 0 Å². The lowest BCUT2D eigenvalue weighted by Gasteiger charge is -2.10. The third-order valence-electron chi connectivity index (χ3n) is 1.91. The molecular weight excluding hydrogens is 156 g/mol. The molecule has 0 radical (unpaired) electrons. The van der Waals surface area contributed by atoms with Gasteiger partial charge in [0.05, 0.1) is 18.6 Å². The number of carbonyl (C=O) groups is 1. The molecule has 0 aromatic rings. The Labute approximate surface area is 72.7 Å². The highest BCUT2D eigenvalue weighted by molar-refractivity contribution is 5.70. The standard InChI is InChI=1S/C9H16O3/c1-6(2)12-9(11)5-8(10)7-3-4-7/h6-8,10H,3-5H2,1-2H3/t8-/m0/s1. The normalized spacial score (nSPS) is 19.3. The van der Waals surface area contributed by atoms with Crippen molar-refractivity contribution in [2.24, 2.45) is 5.92 Å². The van der Waals surface area contributed by atoms with Crippen LogP contribution >= 0.6 is 0 Å². The summed E-state index contributed by atoms with van der Waals surface area (Å²) in [5.74, 6) is 0.0640. The second kappa shape index (κ2) is 3.90. The lowest BCUT2D eigenvalue weighted by molar-refractivity contribution is -0.149. The van der Waals surface area contributed by atoms with E-state index in [9.17, 15) is 9.90 Å². The summed E-state index contributed by atoms with van der Waals surface area (Å²) in [5, 5.41) is 9.37. The number of aliphatic hydroxyl groups excluding tert-OH is 1. The molecule has 3 heteroatoms. The second-order valence-corrected chi connectivity index (χ2v) is 3.65. The molecule has 0 unspecified atom stereocenters. The van der Waals surface area contributed by atoms with Crippen LogP contribution in [-0.2, 0) is 9.53 Å². The molecule has 3 nitrogen and oxygen atoms in total. The molecule has 0 aliphatic heterocycles. The summed E-state index contributed by atoms with van der Waals surface area (Å²) in [6.45, 7) is 3.61. The van der Waals surface area contributed by atoms with E-state index in [-0.39, 0.29) is 18.5 Å². The number of hydrogen-bond acceptors (Lipinski definition) is 3. The predicted molar refractivity (Wildman–Crippen MR) is 44.6 cm³/mol. The maximum absolute atomic E-state index is 11.0. The third kappa shape index (κ3) is 3.22. The van der Waals surface area contributed by atoms with Gasteiger partial charge in [0.15, 0.2) is 0 Å². The second-order valence-electron chi connectivity index (χ2n) is 3.65. The Morgan fingerprint density at radius 3 is 2.58 bits per heavy atom. The van der Waals surface area contributed by atoms with Gasteiger partial charge in [-0.1, -0.05) is 0 Å². The summed E-state index contributed by atoms with van der Waals surface area (Å²) in [7, 11) is 0. The molecule has 70 valence electrons. The molecule has 0 bridgehead atoms. The highest BCUT2D eigenvalue weighted by Crippen LogP contribution is 2.33. The van der Waals surface area contributed by atoms with E-state index >= 15 is 0 Å². The monoisotopic (exact) mass is 172 g/mol. The summed E-state index contributed by atoms with van der Waals surface area (Å²) in [6, 6.07) is 0. The van der Waals surface area contributed by atoms with Gasteiger partial charge >= 0.3 is 5.97 Å². The molecule has 12 heavy (non-hydrogen) atoms. The van der Waals surface area contributed by atoms with Crippen LogP contribution in [0, 0.1) is 5.92 Å². The highest BCUT2D eigenvalue weighted by atomic mass is 16.5. The van der Waals surface area contributed by atoms with Crippen molar-refractivity contribution in [1.29, 1.82) is 0 Å². The molecule has 0 heterocycles. The smallest absolute Gasteiger partial charge is 0.308 e. The summed E-state index contributed by atoms with van der Waals surface area (Å²) in [6.07, 6.45) is 1.70. The first-order chi connectivity index (χ1) is 5.59. The zero-order valence-electron chi connectivity index (χ0n) is 7.62. The minimum Gasteiger partial charge on any atom is -0.463 e. The van der Waals surface area contributed by atoms with E-state index in [0.717, 1.165) is 12.8 Å². The van der Waals surface area contributed by atoms with E-state index in [1.54, 1.807) is 13.8 Å². The van der Waals surface area contributed by atoms with Crippen LogP contribution in [0.25, 0.3) is 0 Å². The summed E-state index contributed by atoms with van der Waals surface area (Å²) >= 11 is 0. The zero-order valence-corrected chi connectivity index (χ0v) is 7.62. The average Bonchev–Trinajstić information content (AvgIpc) is 2.63.